The Kier molecular flexibility index (Phi) is 4.05. The van der Waals surface area contributed by atoms with Crippen molar-refractivity contribution in [2.75, 3.05) is 11.4 Å². The summed E-state index contributed by atoms with van der Waals surface area (Å²) in [4.78, 5) is 14.6. The van der Waals surface area contributed by atoms with Crippen LogP contribution in [0, 0.1) is 0 Å². The third kappa shape index (κ3) is 3.05. The molecule has 0 unspecified atom stereocenters. The molecule has 1 aliphatic rings. The summed E-state index contributed by atoms with van der Waals surface area (Å²) < 4.78 is 12.1. The Labute approximate surface area is 153 Å². The highest BCUT2D eigenvalue weighted by Gasteiger charge is 2.29. The lowest BCUT2D eigenvalue weighted by molar-refractivity contribution is 0.0952. The molecule has 3 aromatic rings. The van der Waals surface area contributed by atoms with E-state index in [4.69, 9.17) is 9.26 Å². The van der Waals surface area contributed by atoms with E-state index in [1.54, 1.807) is 11.0 Å². The lowest BCUT2D eigenvalue weighted by Crippen LogP contribution is -2.42. The van der Waals surface area contributed by atoms with E-state index >= 15 is 0 Å². The Bertz CT molecular complexity index is 920. The standard InChI is InChI=1S/C19H15BrN2O3/c1-12-11-22(16-4-2-3-5-17(16)24-12)19(23)15-10-18(25-21-15)13-6-8-14(20)9-7-13/h2-10,12H,11H2,1H3/t12-/m1/s1. The number of fused-ring (bicyclic) bond motifs is 1. The molecule has 0 spiro atoms. The highest BCUT2D eigenvalue weighted by Crippen LogP contribution is 2.34. The van der Waals surface area contributed by atoms with Crippen molar-refractivity contribution in [2.24, 2.45) is 0 Å². The number of halogens is 1. The summed E-state index contributed by atoms with van der Waals surface area (Å²) in [7, 11) is 0. The minimum atomic E-state index is -0.199. The molecule has 0 radical (unpaired) electrons. The molecule has 2 heterocycles. The van der Waals surface area contributed by atoms with E-state index in [0.29, 0.717) is 18.1 Å². The van der Waals surface area contributed by atoms with Crippen LogP contribution in [0.4, 0.5) is 5.69 Å². The number of para-hydroxylation sites is 2. The van der Waals surface area contributed by atoms with Gasteiger partial charge in [0.05, 0.1) is 12.2 Å². The molecule has 5 nitrogen and oxygen atoms in total. The van der Waals surface area contributed by atoms with Crippen LogP contribution in [0.2, 0.25) is 0 Å². The lowest BCUT2D eigenvalue weighted by Gasteiger charge is -2.32. The van der Waals surface area contributed by atoms with Crippen LogP contribution in [-0.2, 0) is 0 Å². The maximum absolute atomic E-state index is 12.9. The van der Waals surface area contributed by atoms with E-state index in [1.807, 2.05) is 55.5 Å². The molecule has 0 saturated carbocycles. The summed E-state index contributed by atoms with van der Waals surface area (Å²) in [5.74, 6) is 1.06. The zero-order chi connectivity index (χ0) is 17.4. The van der Waals surface area contributed by atoms with Crippen molar-refractivity contribution in [3.63, 3.8) is 0 Å². The molecule has 0 N–H and O–H groups in total. The largest absolute Gasteiger partial charge is 0.487 e. The fourth-order valence-corrected chi connectivity index (χ4v) is 3.11. The number of benzene rings is 2. The minimum absolute atomic E-state index is 0.0864. The second-order valence-electron chi connectivity index (χ2n) is 5.90. The summed E-state index contributed by atoms with van der Waals surface area (Å²) in [5, 5.41) is 3.97. The summed E-state index contributed by atoms with van der Waals surface area (Å²) in [6, 6.07) is 16.8. The molecule has 0 saturated heterocycles. The number of carbonyl (C=O) groups is 1. The van der Waals surface area contributed by atoms with Crippen LogP contribution in [0.25, 0.3) is 11.3 Å². The van der Waals surface area contributed by atoms with Gasteiger partial charge < -0.3 is 9.26 Å². The topological polar surface area (TPSA) is 55.6 Å². The molecule has 1 aromatic heterocycles. The van der Waals surface area contributed by atoms with Crippen molar-refractivity contribution in [3.05, 3.63) is 64.8 Å². The predicted molar refractivity (Wildman–Crippen MR) is 97.8 cm³/mol. The number of anilines is 1. The van der Waals surface area contributed by atoms with Crippen molar-refractivity contribution < 1.29 is 14.1 Å². The molecule has 1 amide bonds. The van der Waals surface area contributed by atoms with E-state index in [9.17, 15) is 4.79 Å². The van der Waals surface area contributed by atoms with Gasteiger partial charge in [0.1, 0.15) is 11.9 Å². The van der Waals surface area contributed by atoms with Crippen molar-refractivity contribution in [3.8, 4) is 17.1 Å². The van der Waals surface area contributed by atoms with Crippen LogP contribution < -0.4 is 9.64 Å². The molecule has 25 heavy (non-hydrogen) atoms. The second-order valence-corrected chi connectivity index (χ2v) is 6.81. The highest BCUT2D eigenvalue weighted by atomic mass is 79.9. The fraction of sp³-hybridized carbons (Fsp3) is 0.158. The number of amides is 1. The van der Waals surface area contributed by atoms with Gasteiger partial charge in [0.15, 0.2) is 11.5 Å². The molecule has 0 bridgehead atoms. The van der Waals surface area contributed by atoms with Gasteiger partial charge in [-0.1, -0.05) is 45.4 Å². The third-order valence-electron chi connectivity index (χ3n) is 4.03. The Morgan fingerprint density at radius 3 is 2.76 bits per heavy atom. The first kappa shape index (κ1) is 15.9. The van der Waals surface area contributed by atoms with Crippen molar-refractivity contribution in [2.45, 2.75) is 13.0 Å². The van der Waals surface area contributed by atoms with Crippen molar-refractivity contribution in [1.82, 2.24) is 5.16 Å². The number of carbonyl (C=O) groups excluding carboxylic acids is 1. The first-order valence-corrected chi connectivity index (χ1v) is 8.71. The predicted octanol–water partition coefficient (Wildman–Crippen LogP) is 4.53. The molecule has 2 aromatic carbocycles. The zero-order valence-corrected chi connectivity index (χ0v) is 15.1. The number of rotatable bonds is 2. The lowest BCUT2D eigenvalue weighted by atomic mass is 10.1. The summed E-state index contributed by atoms with van der Waals surface area (Å²) in [6.07, 6.45) is -0.0864. The van der Waals surface area contributed by atoms with Gasteiger partial charge in [0.25, 0.3) is 5.91 Å². The monoisotopic (exact) mass is 398 g/mol. The van der Waals surface area contributed by atoms with Crippen LogP contribution in [0.5, 0.6) is 5.75 Å². The summed E-state index contributed by atoms with van der Waals surface area (Å²) in [6.45, 7) is 2.41. The second kappa shape index (κ2) is 6.37. The van der Waals surface area contributed by atoms with E-state index in [1.165, 1.54) is 0 Å². The van der Waals surface area contributed by atoms with Gasteiger partial charge in [0, 0.05) is 16.1 Å². The first-order chi connectivity index (χ1) is 12.1. The number of hydrogen-bond acceptors (Lipinski definition) is 4. The van der Waals surface area contributed by atoms with E-state index in [-0.39, 0.29) is 17.7 Å². The first-order valence-electron chi connectivity index (χ1n) is 7.92. The van der Waals surface area contributed by atoms with Gasteiger partial charge >= 0.3 is 0 Å². The molecule has 0 aliphatic carbocycles. The van der Waals surface area contributed by atoms with Gasteiger partial charge in [0.2, 0.25) is 0 Å². The van der Waals surface area contributed by atoms with Gasteiger partial charge in [-0.3, -0.25) is 9.69 Å². The smallest absolute Gasteiger partial charge is 0.280 e. The van der Waals surface area contributed by atoms with Crippen LogP contribution in [-0.4, -0.2) is 23.7 Å². The van der Waals surface area contributed by atoms with Crippen molar-refractivity contribution >= 4 is 27.5 Å². The van der Waals surface area contributed by atoms with Crippen LogP contribution in [0.3, 0.4) is 0 Å². The number of aromatic nitrogens is 1. The Morgan fingerprint density at radius 2 is 1.96 bits per heavy atom. The van der Waals surface area contributed by atoms with Gasteiger partial charge in [-0.15, -0.1) is 0 Å². The maximum atomic E-state index is 12.9. The molecule has 6 heteroatoms. The average Bonchev–Trinajstić information content (AvgIpc) is 3.11. The van der Waals surface area contributed by atoms with E-state index in [2.05, 4.69) is 21.1 Å². The van der Waals surface area contributed by atoms with Crippen LogP contribution in [0.1, 0.15) is 17.4 Å². The van der Waals surface area contributed by atoms with Crippen LogP contribution >= 0.6 is 15.9 Å². The molecule has 1 atom stereocenters. The van der Waals surface area contributed by atoms with Gasteiger partial charge in [-0.25, -0.2) is 0 Å². The normalized spacial score (nSPS) is 16.2. The molecule has 1 aliphatic heterocycles. The van der Waals surface area contributed by atoms with Crippen molar-refractivity contribution in [1.29, 1.82) is 0 Å². The minimum Gasteiger partial charge on any atom is -0.487 e. The molecular weight excluding hydrogens is 384 g/mol. The molecule has 126 valence electrons. The van der Waals surface area contributed by atoms with Gasteiger partial charge in [-0.05, 0) is 31.2 Å². The third-order valence-corrected chi connectivity index (χ3v) is 4.56. The van der Waals surface area contributed by atoms with Crippen LogP contribution in [0.15, 0.2) is 63.6 Å². The van der Waals surface area contributed by atoms with E-state index < -0.39 is 0 Å². The van der Waals surface area contributed by atoms with Gasteiger partial charge in [-0.2, -0.15) is 0 Å². The maximum Gasteiger partial charge on any atom is 0.280 e. The Hall–Kier alpha value is -2.60. The number of nitrogens with zero attached hydrogens (tertiary/aromatic N) is 2. The summed E-state index contributed by atoms with van der Waals surface area (Å²) >= 11 is 3.40. The quantitative estimate of drug-likeness (QED) is 0.635. The zero-order valence-electron chi connectivity index (χ0n) is 13.5. The number of ether oxygens (including phenoxy) is 1. The fourth-order valence-electron chi connectivity index (χ4n) is 2.85. The average molecular weight is 399 g/mol. The molecule has 4 rings (SSSR count). The Balaban J connectivity index is 1.65. The highest BCUT2D eigenvalue weighted by molar-refractivity contribution is 9.10. The molecule has 0 fully saturated rings. The Morgan fingerprint density at radius 1 is 1.20 bits per heavy atom. The molecular formula is C19H15BrN2O3. The summed E-state index contributed by atoms with van der Waals surface area (Å²) in [5.41, 5.74) is 1.89. The SMILES string of the molecule is C[C@@H]1CN(C(=O)c2cc(-c3ccc(Br)cc3)on2)c2ccccc2O1. The number of hydrogen-bond donors (Lipinski definition) is 0. The van der Waals surface area contributed by atoms with E-state index in [0.717, 1.165) is 15.7 Å².